The van der Waals surface area contributed by atoms with E-state index in [-0.39, 0.29) is 23.6 Å². The standard InChI is InChI=1S/C24H33FN4O2/c1-6-22-15(3)11-20(31-22)14-26-18-9-8-10-19(13-18)29(7-2)24(30)23-27-17(5)21(28-23)12-16(4)25/h6,11-12,18-19,26H,3,7-10,13-14H2,1-2,4-5H3,(H,27,28)/b16-12+,22-6+/t18-,19+/m1/s1. The van der Waals surface area contributed by atoms with Gasteiger partial charge in [-0.3, -0.25) is 4.79 Å². The number of amides is 1. The predicted octanol–water partition coefficient (Wildman–Crippen LogP) is 3.42. The molecule has 1 aliphatic carbocycles. The molecule has 2 heterocycles. The number of halogens is 1. The molecule has 1 aliphatic rings. The normalized spacial score (nSPS) is 20.3. The van der Waals surface area contributed by atoms with E-state index in [9.17, 15) is 9.18 Å². The number of aromatic amines is 1. The van der Waals surface area contributed by atoms with Crippen LogP contribution in [-0.4, -0.2) is 39.4 Å². The zero-order valence-electron chi connectivity index (χ0n) is 18.9. The maximum absolute atomic E-state index is 13.3. The maximum Gasteiger partial charge on any atom is 0.289 e. The van der Waals surface area contributed by atoms with E-state index < -0.39 is 0 Å². The lowest BCUT2D eigenvalue weighted by Crippen LogP contribution is -2.47. The van der Waals surface area contributed by atoms with Gasteiger partial charge in [-0.25, -0.2) is 9.37 Å². The van der Waals surface area contributed by atoms with Gasteiger partial charge in [0.25, 0.3) is 5.91 Å². The fraction of sp³-hybridized carbons (Fsp3) is 0.500. The Morgan fingerprint density at radius 3 is 2.90 bits per heavy atom. The lowest BCUT2D eigenvalue weighted by molar-refractivity contribution is 0.0616. The summed E-state index contributed by atoms with van der Waals surface area (Å²) in [6.07, 6.45) is 7.21. The SMILES string of the molecule is C=c1cc(CN[C@@H]2CCC[C@H](N(CC)C(=O)c3nc(/C=C(\C)F)c(C)[nH]3)C2)o/c1=C/C. The molecule has 0 aromatic carbocycles. The maximum atomic E-state index is 13.3. The van der Waals surface area contributed by atoms with Crippen LogP contribution in [0.3, 0.4) is 0 Å². The Balaban J connectivity index is 1.66. The monoisotopic (exact) mass is 428 g/mol. The molecule has 168 valence electrons. The third-order valence-electron chi connectivity index (χ3n) is 5.87. The lowest BCUT2D eigenvalue weighted by Gasteiger charge is -2.37. The van der Waals surface area contributed by atoms with E-state index in [1.807, 2.05) is 30.9 Å². The van der Waals surface area contributed by atoms with E-state index in [4.69, 9.17) is 4.42 Å². The molecule has 2 aromatic rings. The molecule has 2 atom stereocenters. The number of hydrogen-bond donors (Lipinski definition) is 2. The fourth-order valence-corrected chi connectivity index (χ4v) is 4.32. The number of carbonyl (C=O) groups is 1. The Kier molecular flexibility index (Phi) is 7.49. The van der Waals surface area contributed by atoms with Crippen LogP contribution in [0, 0.1) is 6.92 Å². The molecule has 31 heavy (non-hydrogen) atoms. The number of carbonyl (C=O) groups excluding carboxylic acids is 1. The van der Waals surface area contributed by atoms with Crippen molar-refractivity contribution in [1.29, 1.82) is 0 Å². The molecule has 1 amide bonds. The highest BCUT2D eigenvalue weighted by molar-refractivity contribution is 5.91. The Bertz CT molecular complexity index is 1050. The van der Waals surface area contributed by atoms with Crippen molar-refractivity contribution in [3.8, 4) is 0 Å². The summed E-state index contributed by atoms with van der Waals surface area (Å²) in [7, 11) is 0. The van der Waals surface area contributed by atoms with Crippen molar-refractivity contribution in [3.63, 3.8) is 0 Å². The zero-order valence-corrected chi connectivity index (χ0v) is 18.9. The molecule has 7 heteroatoms. The van der Waals surface area contributed by atoms with Crippen molar-refractivity contribution < 1.29 is 13.6 Å². The minimum absolute atomic E-state index is 0.135. The van der Waals surface area contributed by atoms with Gasteiger partial charge in [-0.05, 0) is 71.6 Å². The van der Waals surface area contributed by atoms with Gasteiger partial charge in [-0.2, -0.15) is 0 Å². The highest BCUT2D eigenvalue weighted by Gasteiger charge is 2.30. The van der Waals surface area contributed by atoms with Gasteiger partial charge in [-0.15, -0.1) is 0 Å². The van der Waals surface area contributed by atoms with E-state index in [2.05, 4.69) is 21.9 Å². The summed E-state index contributed by atoms with van der Waals surface area (Å²) in [5.74, 6) is 0.666. The summed E-state index contributed by atoms with van der Waals surface area (Å²) >= 11 is 0. The first-order valence-electron chi connectivity index (χ1n) is 11.0. The fourth-order valence-electron chi connectivity index (χ4n) is 4.32. The Labute approximate surface area is 182 Å². The third-order valence-corrected chi connectivity index (χ3v) is 5.87. The molecule has 3 rings (SSSR count). The Morgan fingerprint density at radius 2 is 2.26 bits per heavy atom. The average Bonchev–Trinajstić information content (AvgIpc) is 3.28. The second kappa shape index (κ2) is 10.1. The highest BCUT2D eigenvalue weighted by Crippen LogP contribution is 2.25. The molecule has 1 fully saturated rings. The summed E-state index contributed by atoms with van der Waals surface area (Å²) < 4.78 is 19.1. The number of rotatable bonds is 7. The molecular formula is C24H33FN4O2. The quantitative estimate of drug-likeness (QED) is 0.709. The van der Waals surface area contributed by atoms with Gasteiger partial charge in [0.2, 0.25) is 0 Å². The molecule has 0 spiro atoms. The van der Waals surface area contributed by atoms with Crippen molar-refractivity contribution in [2.45, 2.75) is 72.0 Å². The van der Waals surface area contributed by atoms with Crippen molar-refractivity contribution in [1.82, 2.24) is 20.2 Å². The lowest BCUT2D eigenvalue weighted by atomic mass is 9.89. The second-order valence-electron chi connectivity index (χ2n) is 8.21. The number of nitrogens with zero attached hydrogens (tertiary/aromatic N) is 2. The zero-order chi connectivity index (χ0) is 22.5. The molecule has 0 saturated heterocycles. The average molecular weight is 429 g/mol. The number of furan rings is 1. The molecule has 2 aromatic heterocycles. The molecule has 1 saturated carbocycles. The summed E-state index contributed by atoms with van der Waals surface area (Å²) in [6.45, 7) is 12.3. The van der Waals surface area contributed by atoms with Crippen LogP contribution in [0.5, 0.6) is 0 Å². The molecule has 2 N–H and O–H groups in total. The number of nitrogens with one attached hydrogen (secondary N) is 2. The van der Waals surface area contributed by atoms with Gasteiger partial charge in [0.1, 0.15) is 11.2 Å². The molecule has 0 bridgehead atoms. The predicted molar refractivity (Wildman–Crippen MR) is 121 cm³/mol. The van der Waals surface area contributed by atoms with Crippen molar-refractivity contribution in [2.24, 2.45) is 0 Å². The summed E-state index contributed by atoms with van der Waals surface area (Å²) in [5, 5.41) is 4.48. The molecular weight excluding hydrogens is 395 g/mol. The minimum Gasteiger partial charge on any atom is -0.460 e. The van der Waals surface area contributed by atoms with Crippen molar-refractivity contribution >= 4 is 24.6 Å². The smallest absolute Gasteiger partial charge is 0.289 e. The molecule has 0 aliphatic heterocycles. The minimum atomic E-state index is -0.339. The van der Waals surface area contributed by atoms with Gasteiger partial charge in [-0.1, -0.05) is 6.58 Å². The largest absolute Gasteiger partial charge is 0.460 e. The topological polar surface area (TPSA) is 74.2 Å². The van der Waals surface area contributed by atoms with Crippen LogP contribution in [0.15, 0.2) is 16.3 Å². The molecule has 6 nitrogen and oxygen atoms in total. The van der Waals surface area contributed by atoms with E-state index >= 15 is 0 Å². The van der Waals surface area contributed by atoms with Gasteiger partial charge >= 0.3 is 0 Å². The Morgan fingerprint density at radius 1 is 1.48 bits per heavy atom. The van der Waals surface area contributed by atoms with Crippen LogP contribution in [0.25, 0.3) is 18.7 Å². The van der Waals surface area contributed by atoms with Gasteiger partial charge in [0, 0.05) is 29.5 Å². The number of aromatic nitrogens is 2. The van der Waals surface area contributed by atoms with Crippen LogP contribution >= 0.6 is 0 Å². The van der Waals surface area contributed by atoms with E-state index in [0.29, 0.717) is 30.5 Å². The van der Waals surface area contributed by atoms with E-state index in [0.717, 1.165) is 42.1 Å². The van der Waals surface area contributed by atoms with Crippen LogP contribution in [0.1, 0.15) is 74.2 Å². The van der Waals surface area contributed by atoms with Crippen LogP contribution in [0.2, 0.25) is 0 Å². The number of hydrogen-bond acceptors (Lipinski definition) is 4. The second-order valence-corrected chi connectivity index (χ2v) is 8.21. The number of aryl methyl sites for hydroxylation is 1. The number of H-pyrrole nitrogens is 1. The Hall–Kier alpha value is -2.67. The first-order chi connectivity index (χ1) is 14.8. The van der Waals surface area contributed by atoms with Gasteiger partial charge < -0.3 is 19.6 Å². The van der Waals surface area contributed by atoms with Crippen LogP contribution in [-0.2, 0) is 6.54 Å². The first-order valence-corrected chi connectivity index (χ1v) is 11.0. The van der Waals surface area contributed by atoms with Crippen molar-refractivity contribution in [2.75, 3.05) is 6.54 Å². The third kappa shape index (κ3) is 5.53. The molecule has 0 radical (unpaired) electrons. The van der Waals surface area contributed by atoms with E-state index in [1.54, 1.807) is 6.92 Å². The van der Waals surface area contributed by atoms with E-state index in [1.165, 1.54) is 13.0 Å². The van der Waals surface area contributed by atoms with Gasteiger partial charge in [0.15, 0.2) is 5.82 Å². The highest BCUT2D eigenvalue weighted by atomic mass is 19.1. The van der Waals surface area contributed by atoms with Gasteiger partial charge in [0.05, 0.1) is 18.1 Å². The first kappa shape index (κ1) is 23.0. The number of allylic oxidation sites excluding steroid dienone is 1. The van der Waals surface area contributed by atoms with Crippen LogP contribution in [0.4, 0.5) is 4.39 Å². The van der Waals surface area contributed by atoms with Crippen LogP contribution < -0.4 is 16.0 Å². The summed E-state index contributed by atoms with van der Waals surface area (Å²) in [6, 6.07) is 2.41. The summed E-state index contributed by atoms with van der Waals surface area (Å²) in [5.41, 5.74) is 1.97. The number of imidazole rings is 1. The van der Waals surface area contributed by atoms with Crippen molar-refractivity contribution in [3.05, 3.63) is 45.5 Å². The molecule has 0 unspecified atom stereocenters. The summed E-state index contributed by atoms with van der Waals surface area (Å²) in [4.78, 5) is 22.4.